The van der Waals surface area contributed by atoms with Gasteiger partial charge in [-0.2, -0.15) is 9.50 Å². The Morgan fingerprint density at radius 2 is 1.74 bits per heavy atom. The van der Waals surface area contributed by atoms with Crippen LogP contribution in [0.4, 0.5) is 0 Å². The summed E-state index contributed by atoms with van der Waals surface area (Å²) in [5.41, 5.74) is 3.05. The summed E-state index contributed by atoms with van der Waals surface area (Å²) in [5, 5.41) is 4.57. The zero-order chi connectivity index (χ0) is 23.7. The van der Waals surface area contributed by atoms with Crippen molar-refractivity contribution in [3.05, 3.63) is 87.8 Å². The molecule has 1 aliphatic rings. The van der Waals surface area contributed by atoms with Crippen LogP contribution in [0.25, 0.3) is 17.2 Å². The van der Waals surface area contributed by atoms with Crippen LogP contribution in [-0.4, -0.2) is 42.6 Å². The van der Waals surface area contributed by atoms with Gasteiger partial charge in [-0.3, -0.25) is 9.59 Å². The molecular weight excluding hydrogens is 426 g/mol. The molecule has 1 fully saturated rings. The average Bonchev–Trinajstić information content (AvgIpc) is 3.31. The van der Waals surface area contributed by atoms with Crippen LogP contribution in [0, 0.1) is 6.92 Å². The first-order valence-corrected chi connectivity index (χ1v) is 11.9. The molecule has 0 bridgehead atoms. The second-order valence-corrected chi connectivity index (χ2v) is 9.06. The third-order valence-corrected chi connectivity index (χ3v) is 6.80. The van der Waals surface area contributed by atoms with E-state index in [1.165, 1.54) is 4.52 Å². The normalized spacial score (nSPS) is 16.2. The first-order valence-electron chi connectivity index (χ1n) is 11.9. The van der Waals surface area contributed by atoms with Crippen molar-refractivity contribution >= 4 is 11.7 Å². The van der Waals surface area contributed by atoms with Crippen molar-refractivity contribution in [1.82, 2.24) is 24.1 Å². The van der Waals surface area contributed by atoms with Gasteiger partial charge in [-0.15, -0.1) is 5.10 Å². The first kappa shape index (κ1) is 22.1. The Labute approximate surface area is 198 Å². The number of carbonyl (C=O) groups is 1. The van der Waals surface area contributed by atoms with E-state index in [-0.39, 0.29) is 24.1 Å². The molecule has 0 radical (unpaired) electrons. The summed E-state index contributed by atoms with van der Waals surface area (Å²) in [4.78, 5) is 33.6. The molecule has 5 rings (SSSR count). The smallest absolute Gasteiger partial charge is 0.279 e. The lowest BCUT2D eigenvalue weighted by Crippen LogP contribution is -2.44. The minimum absolute atomic E-state index is 0.0516. The monoisotopic (exact) mass is 455 g/mol. The van der Waals surface area contributed by atoms with E-state index in [1.54, 1.807) is 0 Å². The van der Waals surface area contributed by atoms with Crippen molar-refractivity contribution in [3.8, 4) is 11.4 Å². The molecule has 0 unspecified atom stereocenters. The van der Waals surface area contributed by atoms with Gasteiger partial charge in [0.25, 0.3) is 5.56 Å². The predicted octanol–water partition coefficient (Wildman–Crippen LogP) is 3.86. The zero-order valence-electron chi connectivity index (χ0n) is 19.6. The third-order valence-electron chi connectivity index (χ3n) is 6.80. The highest BCUT2D eigenvalue weighted by Gasteiger charge is 2.26. The number of benzene rings is 2. The summed E-state index contributed by atoms with van der Waals surface area (Å²) in [6, 6.07) is 19.7. The second kappa shape index (κ2) is 9.25. The molecule has 2 aromatic heterocycles. The molecule has 0 aliphatic carbocycles. The summed E-state index contributed by atoms with van der Waals surface area (Å²) in [5.74, 6) is 0.924. The Hall–Kier alpha value is -3.74. The van der Waals surface area contributed by atoms with Gasteiger partial charge in [0.2, 0.25) is 11.7 Å². The van der Waals surface area contributed by atoms with Crippen LogP contribution in [-0.2, 0) is 17.8 Å². The fourth-order valence-electron chi connectivity index (χ4n) is 4.81. The molecule has 0 saturated carbocycles. The lowest BCUT2D eigenvalue weighted by Gasteiger charge is -2.34. The van der Waals surface area contributed by atoms with E-state index in [0.717, 1.165) is 42.6 Å². The van der Waals surface area contributed by atoms with Crippen LogP contribution in [0.5, 0.6) is 0 Å². The number of carbonyl (C=O) groups excluding carboxylic acids is 1. The number of piperidine rings is 1. The quantitative estimate of drug-likeness (QED) is 0.458. The Balaban J connectivity index is 1.64. The molecule has 4 aromatic rings. The fourth-order valence-corrected chi connectivity index (χ4v) is 4.81. The molecule has 1 saturated heterocycles. The van der Waals surface area contributed by atoms with Gasteiger partial charge in [-0.1, -0.05) is 60.7 Å². The number of hydrogen-bond acceptors (Lipinski definition) is 4. The largest absolute Gasteiger partial charge is 0.338 e. The van der Waals surface area contributed by atoms with Crippen molar-refractivity contribution in [2.24, 2.45) is 0 Å². The number of likely N-dealkylation sites (tertiary alicyclic amines) is 1. The van der Waals surface area contributed by atoms with Crippen molar-refractivity contribution < 1.29 is 4.79 Å². The average molecular weight is 456 g/mol. The van der Waals surface area contributed by atoms with Crippen LogP contribution in [0.15, 0.2) is 65.5 Å². The lowest BCUT2D eigenvalue weighted by molar-refractivity contribution is -0.135. The first-order chi connectivity index (χ1) is 16.5. The van der Waals surface area contributed by atoms with Crippen LogP contribution in [0.1, 0.15) is 43.0 Å². The summed E-state index contributed by atoms with van der Waals surface area (Å²) >= 11 is 0. The minimum Gasteiger partial charge on any atom is -0.338 e. The second-order valence-electron chi connectivity index (χ2n) is 9.06. The number of amides is 1. The van der Waals surface area contributed by atoms with Crippen molar-refractivity contribution in [2.75, 3.05) is 6.54 Å². The Bertz CT molecular complexity index is 1380. The highest BCUT2D eigenvalue weighted by Crippen LogP contribution is 2.20. The fraction of sp³-hybridized carbons (Fsp3) is 0.333. The van der Waals surface area contributed by atoms with E-state index >= 15 is 0 Å². The summed E-state index contributed by atoms with van der Waals surface area (Å²) in [6.45, 7) is 4.92. The van der Waals surface area contributed by atoms with Gasteiger partial charge >= 0.3 is 0 Å². The van der Waals surface area contributed by atoms with Gasteiger partial charge in [-0.25, -0.2) is 0 Å². The van der Waals surface area contributed by atoms with E-state index in [9.17, 15) is 9.59 Å². The summed E-state index contributed by atoms with van der Waals surface area (Å²) < 4.78 is 3.23. The molecular formula is C27H29N5O2. The zero-order valence-corrected chi connectivity index (χ0v) is 19.6. The summed E-state index contributed by atoms with van der Waals surface area (Å²) in [7, 11) is 0. The van der Waals surface area contributed by atoms with E-state index in [4.69, 9.17) is 4.98 Å². The van der Waals surface area contributed by atoms with Crippen molar-refractivity contribution in [3.63, 3.8) is 0 Å². The molecule has 34 heavy (non-hydrogen) atoms. The van der Waals surface area contributed by atoms with Gasteiger partial charge in [0.15, 0.2) is 5.82 Å². The molecule has 2 aromatic carbocycles. The molecule has 1 atom stereocenters. The van der Waals surface area contributed by atoms with Crippen LogP contribution in [0.3, 0.4) is 0 Å². The van der Waals surface area contributed by atoms with E-state index in [1.807, 2.05) is 77.1 Å². The lowest BCUT2D eigenvalue weighted by atomic mass is 10.0. The molecule has 7 heteroatoms. The van der Waals surface area contributed by atoms with E-state index in [0.29, 0.717) is 23.6 Å². The van der Waals surface area contributed by atoms with Gasteiger partial charge < -0.3 is 9.47 Å². The van der Waals surface area contributed by atoms with Crippen molar-refractivity contribution in [2.45, 2.75) is 52.1 Å². The van der Waals surface area contributed by atoms with Gasteiger partial charge in [0.1, 0.15) is 6.54 Å². The molecule has 0 spiro atoms. The maximum Gasteiger partial charge on any atom is 0.279 e. The number of fused-ring (bicyclic) bond motifs is 1. The number of nitrogens with zero attached hydrogens (tertiary/aromatic N) is 5. The molecule has 0 N–H and O–H groups in total. The summed E-state index contributed by atoms with van der Waals surface area (Å²) in [6.07, 6.45) is 3.66. The number of rotatable bonds is 5. The Morgan fingerprint density at radius 3 is 2.44 bits per heavy atom. The highest BCUT2D eigenvalue weighted by atomic mass is 16.2. The standard InChI is InChI=1S/C27H29N5O2/c1-19-11-9-10-16-30(19)24(33)18-31-20(2)23(17-21-12-5-3-6-13-21)26(34)32-27(31)28-25(29-32)22-14-7-4-8-15-22/h3-8,12-15,19H,9-11,16-18H2,1-2H3/t19-/m1/s1. The SMILES string of the molecule is Cc1c(Cc2ccccc2)c(=O)n2nc(-c3ccccc3)nc2n1CC(=O)N1CCCC[C@H]1C. The molecule has 174 valence electrons. The Kier molecular flexibility index (Phi) is 6.01. The third kappa shape index (κ3) is 4.14. The van der Waals surface area contributed by atoms with Crippen LogP contribution >= 0.6 is 0 Å². The molecule has 1 amide bonds. The van der Waals surface area contributed by atoms with Gasteiger partial charge in [0, 0.05) is 35.8 Å². The van der Waals surface area contributed by atoms with Crippen molar-refractivity contribution in [1.29, 1.82) is 0 Å². The molecule has 1 aliphatic heterocycles. The maximum atomic E-state index is 13.5. The van der Waals surface area contributed by atoms with E-state index < -0.39 is 0 Å². The number of hydrogen-bond donors (Lipinski definition) is 0. The topological polar surface area (TPSA) is 72.5 Å². The van der Waals surface area contributed by atoms with Gasteiger partial charge in [-0.05, 0) is 38.7 Å². The van der Waals surface area contributed by atoms with Crippen LogP contribution in [0.2, 0.25) is 0 Å². The Morgan fingerprint density at radius 1 is 1.03 bits per heavy atom. The minimum atomic E-state index is -0.193. The highest BCUT2D eigenvalue weighted by molar-refractivity contribution is 5.77. The molecule has 3 heterocycles. The maximum absolute atomic E-state index is 13.5. The van der Waals surface area contributed by atoms with Crippen LogP contribution < -0.4 is 5.56 Å². The predicted molar refractivity (Wildman–Crippen MR) is 132 cm³/mol. The molecule has 7 nitrogen and oxygen atoms in total. The van der Waals surface area contributed by atoms with E-state index in [2.05, 4.69) is 12.0 Å². The number of aromatic nitrogens is 4. The van der Waals surface area contributed by atoms with Gasteiger partial charge in [0.05, 0.1) is 0 Å².